The fraction of sp³-hybridized carbons (Fsp3) is 0.333. The van der Waals surface area contributed by atoms with Crippen molar-refractivity contribution in [3.8, 4) is 0 Å². The van der Waals surface area contributed by atoms with Crippen LogP contribution in [0.3, 0.4) is 0 Å². The van der Waals surface area contributed by atoms with Crippen molar-refractivity contribution < 1.29 is 0 Å². The number of thiophene rings is 1. The van der Waals surface area contributed by atoms with Crippen molar-refractivity contribution >= 4 is 22.1 Å². The van der Waals surface area contributed by atoms with Crippen molar-refractivity contribution in [2.75, 3.05) is 20.6 Å². The summed E-state index contributed by atoms with van der Waals surface area (Å²) in [5.74, 6) is 0.715. The highest BCUT2D eigenvalue weighted by Crippen LogP contribution is 2.23. The zero-order chi connectivity index (χ0) is 16.7. The predicted molar refractivity (Wildman–Crippen MR) is 105 cm³/mol. The zero-order valence-corrected chi connectivity index (χ0v) is 15.4. The van der Waals surface area contributed by atoms with E-state index in [9.17, 15) is 0 Å². The molecular formula is C21H27NS. The van der Waals surface area contributed by atoms with Gasteiger partial charge in [-0.2, -0.15) is 0 Å². The highest BCUT2D eigenvalue weighted by molar-refractivity contribution is 7.10. The molecule has 1 atom stereocenters. The molecule has 2 heteroatoms. The number of hydrogen-bond acceptors (Lipinski definition) is 2. The molecule has 23 heavy (non-hydrogen) atoms. The molecule has 0 radical (unpaired) electrons. The number of aryl methyl sites for hydroxylation is 1. The van der Waals surface area contributed by atoms with E-state index in [0.29, 0.717) is 5.92 Å². The molecule has 0 saturated heterocycles. The molecule has 3 aromatic rings. The third kappa shape index (κ3) is 5.49. The van der Waals surface area contributed by atoms with Gasteiger partial charge < -0.3 is 4.90 Å². The van der Waals surface area contributed by atoms with Crippen LogP contribution in [0.25, 0.3) is 10.8 Å². The van der Waals surface area contributed by atoms with Crippen LogP contribution < -0.4 is 0 Å². The summed E-state index contributed by atoms with van der Waals surface area (Å²) in [5.41, 5.74) is 1.35. The molecule has 0 aliphatic heterocycles. The van der Waals surface area contributed by atoms with Crippen LogP contribution in [-0.4, -0.2) is 25.5 Å². The minimum Gasteiger partial charge on any atom is -0.309 e. The largest absolute Gasteiger partial charge is 0.309 e. The van der Waals surface area contributed by atoms with Gasteiger partial charge in [-0.3, -0.25) is 0 Å². The SMILES string of the molecule is CC(CCN(C)C)c1cccs1.Cc1cccc2ccccc12. The molecule has 1 heterocycles. The Morgan fingerprint density at radius 1 is 0.957 bits per heavy atom. The first kappa shape index (κ1) is 17.7. The smallest absolute Gasteiger partial charge is 0.00739 e. The Bertz CT molecular complexity index is 695. The lowest BCUT2D eigenvalue weighted by molar-refractivity contribution is 0.387. The molecule has 0 saturated carbocycles. The van der Waals surface area contributed by atoms with Crippen LogP contribution >= 0.6 is 11.3 Å². The van der Waals surface area contributed by atoms with Gasteiger partial charge in [0, 0.05) is 4.88 Å². The Hall–Kier alpha value is -1.64. The van der Waals surface area contributed by atoms with Crippen LogP contribution in [0.1, 0.15) is 29.7 Å². The van der Waals surface area contributed by atoms with Gasteiger partial charge in [0.05, 0.1) is 0 Å². The van der Waals surface area contributed by atoms with E-state index < -0.39 is 0 Å². The van der Waals surface area contributed by atoms with Gasteiger partial charge in [-0.1, -0.05) is 55.5 Å². The second-order valence-electron chi connectivity index (χ2n) is 6.30. The minimum absolute atomic E-state index is 0.715. The molecule has 0 aliphatic carbocycles. The lowest BCUT2D eigenvalue weighted by Crippen LogP contribution is -2.14. The molecule has 2 aromatic carbocycles. The van der Waals surface area contributed by atoms with Crippen molar-refractivity contribution in [2.45, 2.75) is 26.2 Å². The average molecular weight is 326 g/mol. The van der Waals surface area contributed by atoms with E-state index in [1.807, 2.05) is 11.3 Å². The Balaban J connectivity index is 0.000000167. The van der Waals surface area contributed by atoms with Crippen LogP contribution in [0.5, 0.6) is 0 Å². The first-order valence-electron chi connectivity index (χ1n) is 8.20. The molecule has 0 bridgehead atoms. The van der Waals surface area contributed by atoms with E-state index in [0.717, 1.165) is 0 Å². The van der Waals surface area contributed by atoms with E-state index in [1.54, 1.807) is 0 Å². The van der Waals surface area contributed by atoms with Crippen molar-refractivity contribution in [2.24, 2.45) is 0 Å². The lowest BCUT2D eigenvalue weighted by atomic mass is 10.1. The number of rotatable bonds is 4. The van der Waals surface area contributed by atoms with E-state index in [1.165, 1.54) is 34.2 Å². The highest BCUT2D eigenvalue weighted by Gasteiger charge is 2.05. The molecule has 0 aliphatic rings. The normalized spacial score (nSPS) is 12.0. The average Bonchev–Trinajstić information content (AvgIpc) is 3.08. The van der Waals surface area contributed by atoms with Crippen molar-refractivity contribution in [3.63, 3.8) is 0 Å². The maximum atomic E-state index is 2.30. The molecule has 122 valence electrons. The Kier molecular flexibility index (Phi) is 6.82. The van der Waals surface area contributed by atoms with E-state index in [-0.39, 0.29) is 0 Å². The first-order chi connectivity index (χ1) is 11.1. The molecule has 1 unspecified atom stereocenters. The van der Waals surface area contributed by atoms with Crippen molar-refractivity contribution in [1.82, 2.24) is 4.90 Å². The molecular weight excluding hydrogens is 298 g/mol. The van der Waals surface area contributed by atoms with E-state index in [2.05, 4.69) is 92.8 Å². The fourth-order valence-corrected chi connectivity index (χ4v) is 3.37. The second kappa shape index (κ2) is 8.85. The van der Waals surface area contributed by atoms with Gasteiger partial charge in [0.1, 0.15) is 0 Å². The maximum Gasteiger partial charge on any atom is 0.00739 e. The third-order valence-electron chi connectivity index (χ3n) is 4.05. The van der Waals surface area contributed by atoms with Crippen LogP contribution in [-0.2, 0) is 0 Å². The second-order valence-corrected chi connectivity index (χ2v) is 7.28. The number of fused-ring (bicyclic) bond motifs is 1. The summed E-state index contributed by atoms with van der Waals surface area (Å²) in [7, 11) is 4.25. The lowest BCUT2D eigenvalue weighted by Gasteiger charge is -2.13. The third-order valence-corrected chi connectivity index (χ3v) is 5.15. The molecule has 1 aromatic heterocycles. The van der Waals surface area contributed by atoms with Gasteiger partial charge in [-0.15, -0.1) is 11.3 Å². The summed E-state index contributed by atoms with van der Waals surface area (Å²) in [4.78, 5) is 3.75. The summed E-state index contributed by atoms with van der Waals surface area (Å²) < 4.78 is 0. The quantitative estimate of drug-likeness (QED) is 0.573. The van der Waals surface area contributed by atoms with Gasteiger partial charge in [-0.25, -0.2) is 0 Å². The van der Waals surface area contributed by atoms with Crippen LogP contribution in [0.15, 0.2) is 60.0 Å². The van der Waals surface area contributed by atoms with Gasteiger partial charge in [0.2, 0.25) is 0 Å². The van der Waals surface area contributed by atoms with Gasteiger partial charge in [-0.05, 0) is 67.7 Å². The summed E-state index contributed by atoms with van der Waals surface area (Å²) in [6.07, 6.45) is 1.26. The van der Waals surface area contributed by atoms with Crippen molar-refractivity contribution in [1.29, 1.82) is 0 Å². The number of hydrogen-bond donors (Lipinski definition) is 0. The van der Waals surface area contributed by atoms with Gasteiger partial charge >= 0.3 is 0 Å². The molecule has 0 spiro atoms. The topological polar surface area (TPSA) is 3.24 Å². The van der Waals surface area contributed by atoms with Crippen LogP contribution in [0, 0.1) is 6.92 Å². The minimum atomic E-state index is 0.715. The summed E-state index contributed by atoms with van der Waals surface area (Å²) in [5, 5.41) is 4.84. The number of nitrogens with zero attached hydrogens (tertiary/aromatic N) is 1. The summed E-state index contributed by atoms with van der Waals surface area (Å²) in [6, 6.07) is 19.2. The molecule has 3 rings (SSSR count). The Morgan fingerprint density at radius 2 is 1.70 bits per heavy atom. The number of benzene rings is 2. The fourth-order valence-electron chi connectivity index (χ4n) is 2.55. The summed E-state index contributed by atoms with van der Waals surface area (Å²) in [6.45, 7) is 5.62. The Labute approximate surface area is 144 Å². The van der Waals surface area contributed by atoms with E-state index in [4.69, 9.17) is 0 Å². The molecule has 1 nitrogen and oxygen atoms in total. The molecule has 0 fully saturated rings. The van der Waals surface area contributed by atoms with Gasteiger partial charge in [0.25, 0.3) is 0 Å². The van der Waals surface area contributed by atoms with Crippen LogP contribution in [0.4, 0.5) is 0 Å². The van der Waals surface area contributed by atoms with E-state index >= 15 is 0 Å². The summed E-state index contributed by atoms with van der Waals surface area (Å²) >= 11 is 1.86. The Morgan fingerprint density at radius 3 is 2.35 bits per heavy atom. The zero-order valence-electron chi connectivity index (χ0n) is 14.6. The standard InChI is InChI=1S/C11H10.C10H17NS/c1-9-5-4-7-10-6-2-3-8-11(9)10;1-9(6-7-11(2)3)10-5-4-8-12-10/h2-8H,1H3;4-5,8-9H,6-7H2,1-3H3. The van der Waals surface area contributed by atoms with Crippen molar-refractivity contribution in [3.05, 3.63) is 70.4 Å². The first-order valence-corrected chi connectivity index (χ1v) is 9.08. The predicted octanol–water partition coefficient (Wildman–Crippen LogP) is 5.95. The maximum absolute atomic E-state index is 2.30. The monoisotopic (exact) mass is 325 g/mol. The highest BCUT2D eigenvalue weighted by atomic mass is 32.1. The van der Waals surface area contributed by atoms with Gasteiger partial charge in [0.15, 0.2) is 0 Å². The molecule has 0 N–H and O–H groups in total. The molecule has 0 amide bonds. The van der Waals surface area contributed by atoms with Crippen LogP contribution in [0.2, 0.25) is 0 Å².